The van der Waals surface area contributed by atoms with Crippen LogP contribution in [0.4, 0.5) is 0 Å². The average Bonchev–Trinajstić information content (AvgIpc) is 2.70. The fourth-order valence-electron chi connectivity index (χ4n) is 3.34. The van der Waals surface area contributed by atoms with E-state index in [1.54, 1.807) is 35.0 Å². The monoisotopic (exact) mass is 412 g/mol. The van der Waals surface area contributed by atoms with E-state index in [-0.39, 0.29) is 6.42 Å². The number of rotatable bonds is 6. The molecule has 0 saturated heterocycles. The Morgan fingerprint density at radius 2 is 1.80 bits per heavy atom. The third-order valence-electron chi connectivity index (χ3n) is 4.67. The molecule has 1 heterocycles. The maximum atomic E-state index is 12.3. The van der Waals surface area contributed by atoms with Crippen molar-refractivity contribution >= 4 is 12.0 Å². The van der Waals surface area contributed by atoms with Gasteiger partial charge in [-0.05, 0) is 50.6 Å². The van der Waals surface area contributed by atoms with E-state index < -0.39 is 23.8 Å². The first kappa shape index (κ1) is 21.7. The quantitative estimate of drug-likeness (QED) is 0.713. The summed E-state index contributed by atoms with van der Waals surface area (Å²) in [6.45, 7) is 5.38. The molecule has 0 unspecified atom stereocenters. The molecule has 1 aliphatic rings. The van der Waals surface area contributed by atoms with Crippen molar-refractivity contribution in [2.75, 3.05) is 14.2 Å². The number of hydrogen-bond acceptors (Lipinski definition) is 6. The van der Waals surface area contributed by atoms with Crippen molar-refractivity contribution in [1.82, 2.24) is 0 Å². The number of carbonyl (C=O) groups excluding carboxylic acids is 1. The number of ether oxygens (including phenoxy) is 4. The Balaban J connectivity index is 1.97. The van der Waals surface area contributed by atoms with Crippen molar-refractivity contribution in [1.29, 1.82) is 0 Å². The molecule has 0 radical (unpaired) electrons. The van der Waals surface area contributed by atoms with Crippen LogP contribution in [-0.4, -0.2) is 37.0 Å². The van der Waals surface area contributed by atoms with Crippen molar-refractivity contribution in [2.24, 2.45) is 0 Å². The zero-order chi connectivity index (χ0) is 21.9. The molecule has 0 aliphatic carbocycles. The number of aliphatic hydroxyl groups excluding tert-OH is 1. The van der Waals surface area contributed by atoms with Crippen molar-refractivity contribution < 1.29 is 28.8 Å². The summed E-state index contributed by atoms with van der Waals surface area (Å²) in [5.41, 5.74) is 1.55. The summed E-state index contributed by atoms with van der Waals surface area (Å²) in [5.74, 6) is 1.44. The van der Waals surface area contributed by atoms with E-state index >= 15 is 0 Å². The highest BCUT2D eigenvalue weighted by Gasteiger charge is 2.32. The largest absolute Gasteiger partial charge is 0.497 e. The molecule has 0 saturated carbocycles. The molecule has 6 nitrogen and oxygen atoms in total. The second-order valence-electron chi connectivity index (χ2n) is 8.10. The molecule has 0 spiro atoms. The zero-order valence-electron chi connectivity index (χ0n) is 18.0. The number of esters is 1. The predicted molar refractivity (Wildman–Crippen MR) is 114 cm³/mol. The number of hydrogen-bond donors (Lipinski definition) is 1. The smallest absolute Gasteiger partial charge is 0.309 e. The van der Waals surface area contributed by atoms with Gasteiger partial charge in [0.05, 0.1) is 26.7 Å². The summed E-state index contributed by atoms with van der Waals surface area (Å²) in [6.07, 6.45) is 0.0346. The normalized spacial score (nSPS) is 16.6. The fraction of sp³-hybridized carbons (Fsp3) is 0.375. The van der Waals surface area contributed by atoms with Crippen LogP contribution in [0, 0.1) is 0 Å². The molecular formula is C24H28O6. The minimum atomic E-state index is -1.06. The third kappa shape index (κ3) is 4.94. The van der Waals surface area contributed by atoms with Crippen LogP contribution in [-0.2, 0) is 9.53 Å². The maximum absolute atomic E-state index is 12.3. The number of benzene rings is 2. The van der Waals surface area contributed by atoms with E-state index in [1.807, 2.05) is 48.5 Å². The highest BCUT2D eigenvalue weighted by atomic mass is 16.6. The minimum absolute atomic E-state index is 0.168. The van der Waals surface area contributed by atoms with E-state index in [4.69, 9.17) is 18.9 Å². The summed E-state index contributed by atoms with van der Waals surface area (Å²) in [4.78, 5) is 12.3. The first-order valence-electron chi connectivity index (χ1n) is 9.81. The van der Waals surface area contributed by atoms with E-state index in [1.165, 1.54) is 0 Å². The lowest BCUT2D eigenvalue weighted by Crippen LogP contribution is -2.30. The minimum Gasteiger partial charge on any atom is -0.497 e. The molecule has 2 aromatic carbocycles. The summed E-state index contributed by atoms with van der Waals surface area (Å²) in [5, 5.41) is 10.9. The summed E-state index contributed by atoms with van der Waals surface area (Å²) in [7, 11) is 3.18. The fourth-order valence-corrected chi connectivity index (χ4v) is 3.34. The number of methoxy groups -OCH3 is 2. The molecule has 0 amide bonds. The zero-order valence-corrected chi connectivity index (χ0v) is 18.0. The van der Waals surface area contributed by atoms with Gasteiger partial charge in [-0.2, -0.15) is 0 Å². The lowest BCUT2D eigenvalue weighted by atomic mass is 9.91. The third-order valence-corrected chi connectivity index (χ3v) is 4.67. The van der Waals surface area contributed by atoms with Crippen LogP contribution < -0.4 is 14.2 Å². The van der Waals surface area contributed by atoms with Gasteiger partial charge >= 0.3 is 5.97 Å². The lowest BCUT2D eigenvalue weighted by molar-refractivity contribution is -0.156. The van der Waals surface area contributed by atoms with Crippen LogP contribution >= 0.6 is 0 Å². The Kier molecular flexibility index (Phi) is 6.37. The van der Waals surface area contributed by atoms with Gasteiger partial charge in [-0.15, -0.1) is 0 Å². The predicted octanol–water partition coefficient (Wildman–Crippen LogP) is 4.31. The number of para-hydroxylation sites is 1. The topological polar surface area (TPSA) is 74.2 Å². The molecule has 2 aromatic rings. The van der Waals surface area contributed by atoms with Gasteiger partial charge in [0.2, 0.25) is 0 Å². The average molecular weight is 412 g/mol. The lowest BCUT2D eigenvalue weighted by Gasteiger charge is -2.31. The van der Waals surface area contributed by atoms with Crippen molar-refractivity contribution in [3.8, 4) is 17.2 Å². The Bertz CT molecular complexity index is 924. The van der Waals surface area contributed by atoms with Gasteiger partial charge in [0, 0.05) is 11.1 Å². The molecule has 3 rings (SSSR count). The molecule has 160 valence electrons. The molecule has 1 N–H and O–H groups in total. The van der Waals surface area contributed by atoms with E-state index in [9.17, 15) is 9.90 Å². The number of fused-ring (bicyclic) bond motifs is 1. The van der Waals surface area contributed by atoms with Crippen LogP contribution in [0.1, 0.15) is 44.4 Å². The van der Waals surface area contributed by atoms with E-state index in [2.05, 4.69) is 0 Å². The highest BCUT2D eigenvalue weighted by Crippen LogP contribution is 2.44. The van der Waals surface area contributed by atoms with Gasteiger partial charge in [-0.1, -0.05) is 24.3 Å². The van der Waals surface area contributed by atoms with Crippen molar-refractivity contribution in [2.45, 2.75) is 45.0 Å². The van der Waals surface area contributed by atoms with Crippen LogP contribution in [0.25, 0.3) is 6.08 Å². The molecule has 0 aromatic heterocycles. The summed E-state index contributed by atoms with van der Waals surface area (Å²) < 4.78 is 22.3. The Morgan fingerprint density at radius 1 is 1.10 bits per heavy atom. The molecule has 0 bridgehead atoms. The summed E-state index contributed by atoms with van der Waals surface area (Å²) in [6, 6.07) is 12.9. The Hall–Kier alpha value is -2.99. The molecule has 1 aliphatic heterocycles. The van der Waals surface area contributed by atoms with Crippen LogP contribution in [0.15, 0.2) is 48.0 Å². The van der Waals surface area contributed by atoms with Gasteiger partial charge in [0.1, 0.15) is 17.5 Å². The standard InChI is InChI=1S/C24H28O6/c1-24(2,3)30-21(26)14-19(25)18-13-16-7-6-8-20(28-5)23(16)29-22(18)15-9-11-17(27-4)12-10-15/h6-13,19,22,25H,14H2,1-5H3/t19-,22+/m1/s1. The Morgan fingerprint density at radius 3 is 2.40 bits per heavy atom. The molecule has 0 fully saturated rings. The second-order valence-corrected chi connectivity index (χ2v) is 8.10. The molecular weight excluding hydrogens is 384 g/mol. The number of aliphatic hydroxyl groups is 1. The molecule has 30 heavy (non-hydrogen) atoms. The highest BCUT2D eigenvalue weighted by molar-refractivity contribution is 5.73. The first-order chi connectivity index (χ1) is 14.2. The van der Waals surface area contributed by atoms with Gasteiger partial charge < -0.3 is 24.1 Å². The van der Waals surface area contributed by atoms with E-state index in [0.29, 0.717) is 22.8 Å². The maximum Gasteiger partial charge on any atom is 0.309 e. The molecule has 6 heteroatoms. The van der Waals surface area contributed by atoms with Gasteiger partial charge in [0.15, 0.2) is 11.5 Å². The van der Waals surface area contributed by atoms with Crippen molar-refractivity contribution in [3.05, 3.63) is 59.2 Å². The van der Waals surface area contributed by atoms with Gasteiger partial charge in [0.25, 0.3) is 0 Å². The van der Waals surface area contributed by atoms with Crippen LogP contribution in [0.5, 0.6) is 17.2 Å². The SMILES string of the molecule is COc1ccc([C@@H]2Oc3c(cccc3OC)C=C2[C@H](O)CC(=O)OC(C)(C)C)cc1. The summed E-state index contributed by atoms with van der Waals surface area (Å²) >= 11 is 0. The molecule has 2 atom stereocenters. The van der Waals surface area contributed by atoms with Gasteiger partial charge in [-0.3, -0.25) is 4.79 Å². The van der Waals surface area contributed by atoms with Crippen LogP contribution in [0.2, 0.25) is 0 Å². The van der Waals surface area contributed by atoms with Crippen LogP contribution in [0.3, 0.4) is 0 Å². The second kappa shape index (κ2) is 8.79. The van der Waals surface area contributed by atoms with E-state index in [0.717, 1.165) is 11.1 Å². The van der Waals surface area contributed by atoms with Crippen molar-refractivity contribution in [3.63, 3.8) is 0 Å². The van der Waals surface area contributed by atoms with Gasteiger partial charge in [-0.25, -0.2) is 0 Å². The number of carbonyl (C=O) groups is 1. The first-order valence-corrected chi connectivity index (χ1v) is 9.81. The Labute approximate surface area is 177 Å².